The number of nitrogens with zero attached hydrogens (tertiary/aromatic N) is 2. The molecule has 2 amide bonds. The molecule has 0 atom stereocenters. The number of carbonyl (C=O) groups is 2. The van der Waals surface area contributed by atoms with Gasteiger partial charge in [-0.3, -0.25) is 14.3 Å². The van der Waals surface area contributed by atoms with Crippen LogP contribution in [0.5, 0.6) is 0 Å². The summed E-state index contributed by atoms with van der Waals surface area (Å²) in [5.74, 6) is -0.364. The zero-order valence-electron chi connectivity index (χ0n) is 22.1. The molecule has 2 N–H and O–H groups in total. The van der Waals surface area contributed by atoms with Crippen LogP contribution in [0.15, 0.2) is 77.7 Å². The average molecular weight is 553 g/mol. The Bertz CT molecular complexity index is 1400. The van der Waals surface area contributed by atoms with Crippen LogP contribution in [-0.2, 0) is 21.4 Å². The molecule has 0 aromatic heterocycles. The fraction of sp³-hybridized carbons (Fsp3) is 0.310. The van der Waals surface area contributed by atoms with Gasteiger partial charge >= 0.3 is 0 Å². The first-order valence-corrected chi connectivity index (χ1v) is 14.4. The Morgan fingerprint density at radius 3 is 2.23 bits per heavy atom. The molecule has 0 saturated carbocycles. The molecule has 1 saturated heterocycles. The van der Waals surface area contributed by atoms with Gasteiger partial charge in [-0.25, -0.2) is 12.8 Å². The number of halogens is 1. The highest BCUT2D eigenvalue weighted by Crippen LogP contribution is 2.27. The number of nitrogens with one attached hydrogen (secondary N) is 2. The van der Waals surface area contributed by atoms with E-state index in [1.165, 1.54) is 30.3 Å². The van der Waals surface area contributed by atoms with Crippen LogP contribution >= 0.6 is 0 Å². The van der Waals surface area contributed by atoms with E-state index in [1.54, 1.807) is 42.5 Å². The number of carbonyl (C=O) groups excluding carboxylic acids is 2. The third-order valence-corrected chi connectivity index (χ3v) is 7.87. The van der Waals surface area contributed by atoms with Crippen LogP contribution < -0.4 is 14.9 Å². The molecule has 8 nitrogen and oxygen atoms in total. The van der Waals surface area contributed by atoms with Crippen LogP contribution in [0.1, 0.15) is 36.2 Å². The molecule has 0 bridgehead atoms. The predicted octanol–water partition coefficient (Wildman–Crippen LogP) is 4.25. The highest BCUT2D eigenvalue weighted by Gasteiger charge is 2.25. The Hall–Kier alpha value is -3.92. The summed E-state index contributed by atoms with van der Waals surface area (Å²) in [4.78, 5) is 29.9. The highest BCUT2D eigenvalue weighted by molar-refractivity contribution is 7.92. The Morgan fingerprint density at radius 2 is 1.59 bits per heavy atom. The van der Waals surface area contributed by atoms with Gasteiger partial charge in [0.2, 0.25) is 5.91 Å². The van der Waals surface area contributed by atoms with Crippen molar-refractivity contribution in [1.29, 1.82) is 0 Å². The van der Waals surface area contributed by atoms with E-state index >= 15 is 0 Å². The molecule has 39 heavy (non-hydrogen) atoms. The summed E-state index contributed by atoms with van der Waals surface area (Å²) in [7, 11) is -3.85. The summed E-state index contributed by atoms with van der Waals surface area (Å²) >= 11 is 0. The summed E-state index contributed by atoms with van der Waals surface area (Å²) in [5, 5.41) is 2.85. The lowest BCUT2D eigenvalue weighted by atomic mass is 10.1. The number of rotatable bonds is 9. The molecule has 3 aromatic rings. The minimum absolute atomic E-state index is 0.110. The first kappa shape index (κ1) is 28.1. The minimum Gasteiger partial charge on any atom is -0.367 e. The van der Waals surface area contributed by atoms with Gasteiger partial charge < -0.3 is 15.1 Å². The minimum atomic E-state index is -3.85. The summed E-state index contributed by atoms with van der Waals surface area (Å²) in [6, 6.07) is 18.7. The summed E-state index contributed by atoms with van der Waals surface area (Å²) in [5.41, 5.74) is 1.92. The molecule has 0 unspecified atom stereocenters. The van der Waals surface area contributed by atoms with Gasteiger partial charge in [0.05, 0.1) is 10.5 Å². The maximum atomic E-state index is 13.4. The summed E-state index contributed by atoms with van der Waals surface area (Å²) in [6.07, 6.45) is 0.493. The van der Waals surface area contributed by atoms with E-state index in [4.69, 9.17) is 0 Å². The number of hydrogen-bond acceptors (Lipinski definition) is 5. The number of hydrogen-bond donors (Lipinski definition) is 2. The topological polar surface area (TPSA) is 98.8 Å². The fourth-order valence-electron chi connectivity index (χ4n) is 4.43. The van der Waals surface area contributed by atoms with Crippen LogP contribution in [0.4, 0.5) is 15.8 Å². The van der Waals surface area contributed by atoms with E-state index in [-0.39, 0.29) is 34.8 Å². The molecule has 1 aliphatic rings. The first-order chi connectivity index (χ1) is 18.6. The summed E-state index contributed by atoms with van der Waals surface area (Å²) in [6.45, 7) is 6.34. The van der Waals surface area contributed by atoms with Gasteiger partial charge in [0, 0.05) is 50.5 Å². The molecule has 0 radical (unpaired) electrons. The maximum absolute atomic E-state index is 13.4. The molecule has 0 spiro atoms. The van der Waals surface area contributed by atoms with Gasteiger partial charge in [0.15, 0.2) is 0 Å². The van der Waals surface area contributed by atoms with E-state index in [0.29, 0.717) is 43.9 Å². The van der Waals surface area contributed by atoms with Crippen molar-refractivity contribution in [3.63, 3.8) is 0 Å². The van der Waals surface area contributed by atoms with Crippen molar-refractivity contribution in [3.8, 4) is 0 Å². The van der Waals surface area contributed by atoms with Crippen LogP contribution in [0, 0.1) is 11.7 Å². The molecule has 1 heterocycles. The summed E-state index contributed by atoms with van der Waals surface area (Å²) < 4.78 is 41.6. The average Bonchev–Trinajstić information content (AvgIpc) is 2.92. The SMILES string of the molecule is CC(C)CC(=O)N1CCN(c2ccc(NS(=O)(=O)c3ccccc3)cc2C(=O)NCc2ccc(F)cc2)CC1. The van der Waals surface area contributed by atoms with Crippen LogP contribution in [0.2, 0.25) is 0 Å². The van der Waals surface area contributed by atoms with Gasteiger partial charge in [-0.1, -0.05) is 44.2 Å². The van der Waals surface area contributed by atoms with E-state index < -0.39 is 15.9 Å². The lowest BCUT2D eigenvalue weighted by Crippen LogP contribution is -2.49. The lowest BCUT2D eigenvalue weighted by Gasteiger charge is -2.37. The van der Waals surface area contributed by atoms with Gasteiger partial charge in [-0.05, 0) is 53.9 Å². The third-order valence-electron chi connectivity index (χ3n) is 6.47. The normalized spacial score (nSPS) is 13.8. The van der Waals surface area contributed by atoms with Crippen molar-refractivity contribution in [2.24, 2.45) is 5.92 Å². The Kier molecular flexibility index (Phi) is 8.86. The van der Waals surface area contributed by atoms with Gasteiger partial charge in [-0.15, -0.1) is 0 Å². The molecular weight excluding hydrogens is 519 g/mol. The Balaban J connectivity index is 1.56. The number of amides is 2. The number of benzene rings is 3. The van der Waals surface area contributed by atoms with Gasteiger partial charge in [0.1, 0.15) is 5.82 Å². The second-order valence-corrected chi connectivity index (χ2v) is 11.6. The molecule has 1 aliphatic heterocycles. The number of anilines is 2. The lowest BCUT2D eigenvalue weighted by molar-refractivity contribution is -0.132. The van der Waals surface area contributed by atoms with Crippen molar-refractivity contribution < 1.29 is 22.4 Å². The van der Waals surface area contributed by atoms with E-state index in [1.807, 2.05) is 23.6 Å². The van der Waals surface area contributed by atoms with E-state index in [9.17, 15) is 22.4 Å². The second kappa shape index (κ2) is 12.3. The third kappa shape index (κ3) is 7.35. The van der Waals surface area contributed by atoms with Gasteiger partial charge in [0.25, 0.3) is 15.9 Å². The molecule has 1 fully saturated rings. The smallest absolute Gasteiger partial charge is 0.261 e. The maximum Gasteiger partial charge on any atom is 0.261 e. The van der Waals surface area contributed by atoms with Crippen molar-refractivity contribution in [1.82, 2.24) is 10.2 Å². The monoisotopic (exact) mass is 552 g/mol. The zero-order valence-corrected chi connectivity index (χ0v) is 22.9. The molecule has 10 heteroatoms. The van der Waals surface area contributed by atoms with E-state index in [0.717, 1.165) is 5.56 Å². The number of sulfonamides is 1. The Morgan fingerprint density at radius 1 is 0.923 bits per heavy atom. The van der Waals surface area contributed by atoms with Crippen molar-refractivity contribution in [2.45, 2.75) is 31.7 Å². The van der Waals surface area contributed by atoms with Crippen LogP contribution in [0.3, 0.4) is 0 Å². The fourth-order valence-corrected chi connectivity index (χ4v) is 5.50. The van der Waals surface area contributed by atoms with E-state index in [2.05, 4.69) is 10.0 Å². The molecule has 4 rings (SSSR count). The van der Waals surface area contributed by atoms with Crippen molar-refractivity contribution in [2.75, 3.05) is 35.8 Å². The van der Waals surface area contributed by atoms with Crippen LogP contribution in [0.25, 0.3) is 0 Å². The molecular formula is C29H33FN4O4S. The molecule has 3 aromatic carbocycles. The van der Waals surface area contributed by atoms with Gasteiger partial charge in [-0.2, -0.15) is 0 Å². The first-order valence-electron chi connectivity index (χ1n) is 12.9. The standard InChI is InChI=1S/C29H33FN4O4S/c1-21(2)18-28(35)34-16-14-33(15-17-34)27-13-12-24(32-39(37,38)25-6-4-3-5-7-25)19-26(27)29(36)31-20-22-8-10-23(30)11-9-22/h3-13,19,21,32H,14-18,20H2,1-2H3,(H,31,36). The zero-order chi connectivity index (χ0) is 28.0. The van der Waals surface area contributed by atoms with Crippen molar-refractivity contribution in [3.05, 3.63) is 89.7 Å². The number of piperazine rings is 1. The van der Waals surface area contributed by atoms with Crippen molar-refractivity contribution >= 4 is 33.2 Å². The van der Waals surface area contributed by atoms with Crippen LogP contribution in [-0.4, -0.2) is 51.3 Å². The second-order valence-electron chi connectivity index (χ2n) is 9.93. The highest BCUT2D eigenvalue weighted by atomic mass is 32.2. The largest absolute Gasteiger partial charge is 0.367 e. The Labute approximate surface area is 228 Å². The predicted molar refractivity (Wildman–Crippen MR) is 150 cm³/mol. The quantitative estimate of drug-likeness (QED) is 0.414. The molecule has 206 valence electrons. The molecule has 0 aliphatic carbocycles.